The molecule has 0 unspecified atom stereocenters. The molecule has 1 aliphatic heterocycles. The summed E-state index contributed by atoms with van der Waals surface area (Å²) in [4.78, 5) is 11.7. The van der Waals surface area contributed by atoms with E-state index in [0.717, 1.165) is 11.3 Å². The fourth-order valence-electron chi connectivity index (χ4n) is 1.38. The van der Waals surface area contributed by atoms with Gasteiger partial charge in [-0.25, -0.2) is 18.4 Å². The lowest BCUT2D eigenvalue weighted by Gasteiger charge is -2.25. The SMILES string of the molecule is Cc1c(C(=O)OC2COC2)csc1S(N)(=O)=O. The molecule has 0 aromatic carbocycles. The molecule has 2 rings (SSSR count). The van der Waals surface area contributed by atoms with Gasteiger partial charge < -0.3 is 9.47 Å². The Morgan fingerprint density at radius 2 is 2.24 bits per heavy atom. The average molecular weight is 277 g/mol. The third-order valence-corrected chi connectivity index (χ3v) is 5.04. The fourth-order valence-corrected chi connectivity index (χ4v) is 3.38. The number of carbonyl (C=O) groups is 1. The molecule has 17 heavy (non-hydrogen) atoms. The highest BCUT2D eigenvalue weighted by atomic mass is 32.2. The molecule has 1 aromatic heterocycles. The molecule has 2 N–H and O–H groups in total. The van der Waals surface area contributed by atoms with Gasteiger partial charge in [0.25, 0.3) is 0 Å². The molecule has 0 saturated carbocycles. The monoisotopic (exact) mass is 277 g/mol. The van der Waals surface area contributed by atoms with E-state index in [4.69, 9.17) is 14.6 Å². The Morgan fingerprint density at radius 1 is 1.59 bits per heavy atom. The fraction of sp³-hybridized carbons (Fsp3) is 0.444. The van der Waals surface area contributed by atoms with Crippen molar-refractivity contribution in [3.63, 3.8) is 0 Å². The van der Waals surface area contributed by atoms with Crippen molar-refractivity contribution in [2.24, 2.45) is 5.14 Å². The van der Waals surface area contributed by atoms with Crippen LogP contribution in [-0.2, 0) is 19.5 Å². The van der Waals surface area contributed by atoms with Gasteiger partial charge in [-0.15, -0.1) is 11.3 Å². The smallest absolute Gasteiger partial charge is 0.339 e. The van der Waals surface area contributed by atoms with Crippen LogP contribution in [0.25, 0.3) is 0 Å². The lowest BCUT2D eigenvalue weighted by Crippen LogP contribution is -2.37. The van der Waals surface area contributed by atoms with Gasteiger partial charge >= 0.3 is 5.97 Å². The summed E-state index contributed by atoms with van der Waals surface area (Å²) in [5, 5.41) is 6.46. The maximum Gasteiger partial charge on any atom is 0.339 e. The van der Waals surface area contributed by atoms with E-state index in [1.165, 1.54) is 12.3 Å². The van der Waals surface area contributed by atoms with E-state index < -0.39 is 16.0 Å². The summed E-state index contributed by atoms with van der Waals surface area (Å²) in [5.41, 5.74) is 0.577. The second kappa shape index (κ2) is 4.37. The minimum atomic E-state index is -3.78. The molecule has 0 bridgehead atoms. The zero-order valence-electron chi connectivity index (χ0n) is 9.00. The quantitative estimate of drug-likeness (QED) is 0.799. The molecular weight excluding hydrogens is 266 g/mol. The van der Waals surface area contributed by atoms with Crippen LogP contribution in [0.3, 0.4) is 0 Å². The summed E-state index contributed by atoms with van der Waals surface area (Å²) >= 11 is 0.919. The maximum absolute atomic E-state index is 11.7. The van der Waals surface area contributed by atoms with Crippen molar-refractivity contribution >= 4 is 27.3 Å². The number of hydrogen-bond donors (Lipinski definition) is 1. The molecule has 0 radical (unpaired) electrons. The molecule has 0 aliphatic carbocycles. The van der Waals surface area contributed by atoms with Gasteiger partial charge in [0.15, 0.2) is 0 Å². The van der Waals surface area contributed by atoms with Crippen LogP contribution in [0.4, 0.5) is 0 Å². The first-order valence-electron chi connectivity index (χ1n) is 4.79. The van der Waals surface area contributed by atoms with Gasteiger partial charge in [0.2, 0.25) is 10.0 Å². The molecule has 8 heteroatoms. The molecule has 2 heterocycles. The Bertz CT molecular complexity index is 544. The van der Waals surface area contributed by atoms with E-state index in [9.17, 15) is 13.2 Å². The van der Waals surface area contributed by atoms with Crippen LogP contribution < -0.4 is 5.14 Å². The zero-order chi connectivity index (χ0) is 12.6. The number of carbonyl (C=O) groups excluding carboxylic acids is 1. The zero-order valence-corrected chi connectivity index (χ0v) is 10.6. The van der Waals surface area contributed by atoms with E-state index in [1.54, 1.807) is 0 Å². The molecular formula is C9H11NO5S2. The first-order chi connectivity index (χ1) is 7.89. The first kappa shape index (κ1) is 12.5. The maximum atomic E-state index is 11.7. The second-order valence-electron chi connectivity index (χ2n) is 3.67. The molecule has 0 atom stereocenters. The highest BCUT2D eigenvalue weighted by Gasteiger charge is 2.27. The topological polar surface area (TPSA) is 95.7 Å². The van der Waals surface area contributed by atoms with Crippen molar-refractivity contribution in [1.29, 1.82) is 0 Å². The van der Waals surface area contributed by atoms with Gasteiger partial charge in [0.1, 0.15) is 10.3 Å². The van der Waals surface area contributed by atoms with E-state index in [0.29, 0.717) is 18.8 Å². The van der Waals surface area contributed by atoms with Crippen LogP contribution >= 0.6 is 11.3 Å². The van der Waals surface area contributed by atoms with Gasteiger partial charge in [0, 0.05) is 5.38 Å². The summed E-state index contributed by atoms with van der Waals surface area (Å²) in [6, 6.07) is 0. The molecule has 1 fully saturated rings. The van der Waals surface area contributed by atoms with Crippen molar-refractivity contribution in [2.75, 3.05) is 13.2 Å². The van der Waals surface area contributed by atoms with Crippen molar-refractivity contribution in [3.8, 4) is 0 Å². The van der Waals surface area contributed by atoms with E-state index >= 15 is 0 Å². The molecule has 1 saturated heterocycles. The molecule has 0 amide bonds. The van der Waals surface area contributed by atoms with Gasteiger partial charge in [-0.1, -0.05) is 0 Å². The Balaban J connectivity index is 2.21. The summed E-state index contributed by atoms with van der Waals surface area (Å²) in [6.07, 6.45) is -0.236. The van der Waals surface area contributed by atoms with Gasteiger partial charge in [-0.3, -0.25) is 0 Å². The van der Waals surface area contributed by atoms with E-state index in [-0.39, 0.29) is 15.9 Å². The van der Waals surface area contributed by atoms with Crippen molar-refractivity contribution in [1.82, 2.24) is 0 Å². The molecule has 1 aromatic rings. The summed E-state index contributed by atoms with van der Waals surface area (Å²) in [5.74, 6) is -0.540. The minimum Gasteiger partial charge on any atom is -0.454 e. The van der Waals surface area contributed by atoms with Crippen molar-refractivity contribution in [2.45, 2.75) is 17.2 Å². The van der Waals surface area contributed by atoms with Crippen LogP contribution in [0.1, 0.15) is 15.9 Å². The van der Waals surface area contributed by atoms with Gasteiger partial charge in [-0.2, -0.15) is 0 Å². The van der Waals surface area contributed by atoms with Gasteiger partial charge in [-0.05, 0) is 12.5 Å². The van der Waals surface area contributed by atoms with Crippen LogP contribution in [0, 0.1) is 6.92 Å². The van der Waals surface area contributed by atoms with Crippen LogP contribution in [0.15, 0.2) is 9.59 Å². The third-order valence-electron chi connectivity index (χ3n) is 2.35. The number of nitrogens with two attached hydrogens (primary N) is 1. The number of sulfonamides is 1. The van der Waals surface area contributed by atoms with E-state index in [2.05, 4.69) is 0 Å². The Labute approximate surface area is 102 Å². The minimum absolute atomic E-state index is 0.00527. The second-order valence-corrected chi connectivity index (χ2v) is 6.31. The van der Waals surface area contributed by atoms with Crippen LogP contribution in [0.2, 0.25) is 0 Å². The van der Waals surface area contributed by atoms with Gasteiger partial charge in [0.05, 0.1) is 18.8 Å². The van der Waals surface area contributed by atoms with Crippen LogP contribution in [0.5, 0.6) is 0 Å². The number of rotatable bonds is 3. The summed E-state index contributed by atoms with van der Waals surface area (Å²) in [6.45, 7) is 2.30. The molecule has 94 valence electrons. The molecule has 0 spiro atoms. The Morgan fingerprint density at radius 3 is 2.65 bits per heavy atom. The number of primary sulfonamides is 1. The lowest BCUT2D eigenvalue weighted by molar-refractivity contribution is -0.103. The molecule has 6 nitrogen and oxygen atoms in total. The highest BCUT2D eigenvalue weighted by Crippen LogP contribution is 2.26. The summed E-state index contributed by atoms with van der Waals surface area (Å²) in [7, 11) is -3.78. The average Bonchev–Trinajstić information content (AvgIpc) is 2.52. The predicted molar refractivity (Wildman–Crippen MR) is 60.5 cm³/mol. The highest BCUT2D eigenvalue weighted by molar-refractivity contribution is 7.91. The standard InChI is InChI=1S/C9H11NO5S2/c1-5-7(4-16-9(5)17(10,12)13)8(11)15-6-2-14-3-6/h4,6H,2-3H2,1H3,(H2,10,12,13). The summed E-state index contributed by atoms with van der Waals surface area (Å²) < 4.78 is 32.3. The number of esters is 1. The van der Waals surface area contributed by atoms with E-state index in [1.807, 2.05) is 0 Å². The predicted octanol–water partition coefficient (Wildman–Crippen LogP) is 0.260. The van der Waals surface area contributed by atoms with Crippen molar-refractivity contribution in [3.05, 3.63) is 16.5 Å². The number of ether oxygens (including phenoxy) is 2. The largest absolute Gasteiger partial charge is 0.454 e. The third kappa shape index (κ3) is 2.49. The first-order valence-corrected chi connectivity index (χ1v) is 7.22. The van der Waals surface area contributed by atoms with Crippen molar-refractivity contribution < 1.29 is 22.7 Å². The Hall–Kier alpha value is -0.960. The molecule has 1 aliphatic rings. The van der Waals surface area contributed by atoms with Crippen LogP contribution in [-0.4, -0.2) is 33.7 Å². The normalized spacial score (nSPS) is 16.6. The number of hydrogen-bond acceptors (Lipinski definition) is 6. The Kier molecular flexibility index (Phi) is 3.21. The lowest BCUT2D eigenvalue weighted by atomic mass is 10.2. The number of thiophene rings is 1.